The van der Waals surface area contributed by atoms with Crippen molar-refractivity contribution in [1.82, 2.24) is 10.2 Å². The predicted molar refractivity (Wildman–Crippen MR) is 86.9 cm³/mol. The molecule has 5 heteroatoms. The summed E-state index contributed by atoms with van der Waals surface area (Å²) >= 11 is 0. The first-order valence-electron chi connectivity index (χ1n) is 8.03. The second kappa shape index (κ2) is 6.19. The third kappa shape index (κ3) is 2.64. The van der Waals surface area contributed by atoms with Crippen molar-refractivity contribution in [2.45, 2.75) is 62.9 Å². The largest absolute Gasteiger partial charge is 0.393 e. The first-order chi connectivity index (χ1) is 10.2. The highest BCUT2D eigenvalue weighted by atomic mass is 35.5. The van der Waals surface area contributed by atoms with Crippen LogP contribution in [0.2, 0.25) is 0 Å². The van der Waals surface area contributed by atoms with Crippen molar-refractivity contribution in [3.63, 3.8) is 0 Å². The van der Waals surface area contributed by atoms with E-state index in [0.717, 1.165) is 38.6 Å². The van der Waals surface area contributed by atoms with E-state index in [4.69, 9.17) is 0 Å². The number of carbonyl (C=O) groups is 1. The fraction of sp³-hybridized carbons (Fsp3) is 0.588. The summed E-state index contributed by atoms with van der Waals surface area (Å²) in [5.74, 6) is 0.240. The summed E-state index contributed by atoms with van der Waals surface area (Å²) < 4.78 is 0. The van der Waals surface area contributed by atoms with Gasteiger partial charge in [0.1, 0.15) is 0 Å². The van der Waals surface area contributed by atoms with Crippen molar-refractivity contribution in [2.75, 3.05) is 0 Å². The molecule has 2 N–H and O–H groups in total. The van der Waals surface area contributed by atoms with Crippen LogP contribution in [0.3, 0.4) is 0 Å². The number of piperidine rings is 1. The number of amides is 1. The van der Waals surface area contributed by atoms with Gasteiger partial charge in [-0.15, -0.1) is 12.4 Å². The second-order valence-corrected chi connectivity index (χ2v) is 6.66. The van der Waals surface area contributed by atoms with Crippen LogP contribution in [0, 0.1) is 0 Å². The maximum absolute atomic E-state index is 12.9. The van der Waals surface area contributed by atoms with Gasteiger partial charge in [0.2, 0.25) is 5.91 Å². The maximum Gasteiger partial charge on any atom is 0.240 e. The van der Waals surface area contributed by atoms with Crippen LogP contribution in [0.4, 0.5) is 0 Å². The number of carbonyl (C=O) groups excluding carboxylic acids is 1. The lowest BCUT2D eigenvalue weighted by Gasteiger charge is -2.40. The van der Waals surface area contributed by atoms with Crippen molar-refractivity contribution in [2.24, 2.45) is 0 Å². The molecule has 1 aromatic rings. The molecule has 3 atom stereocenters. The van der Waals surface area contributed by atoms with E-state index in [9.17, 15) is 9.90 Å². The Bertz CT molecular complexity index is 551. The van der Waals surface area contributed by atoms with Crippen LogP contribution < -0.4 is 5.32 Å². The van der Waals surface area contributed by atoms with Gasteiger partial charge >= 0.3 is 0 Å². The molecule has 22 heavy (non-hydrogen) atoms. The van der Waals surface area contributed by atoms with Crippen molar-refractivity contribution in [3.8, 4) is 0 Å². The van der Waals surface area contributed by atoms with E-state index in [0.29, 0.717) is 0 Å². The summed E-state index contributed by atoms with van der Waals surface area (Å²) in [7, 11) is 0. The summed E-state index contributed by atoms with van der Waals surface area (Å²) in [5, 5.41) is 13.3. The average Bonchev–Trinajstić information content (AvgIpc) is 2.78. The number of nitrogens with one attached hydrogen (secondary N) is 1. The van der Waals surface area contributed by atoms with Crippen molar-refractivity contribution in [1.29, 1.82) is 0 Å². The fourth-order valence-corrected chi connectivity index (χ4v) is 4.32. The minimum absolute atomic E-state index is 0. The lowest BCUT2D eigenvalue weighted by atomic mass is 9.93. The number of aliphatic hydroxyl groups is 1. The average molecular weight is 323 g/mol. The molecule has 3 aliphatic rings. The Balaban J connectivity index is 0.00000144. The van der Waals surface area contributed by atoms with Crippen molar-refractivity contribution >= 4 is 18.3 Å². The highest BCUT2D eigenvalue weighted by molar-refractivity contribution is 5.85. The first-order valence-corrected chi connectivity index (χ1v) is 8.03. The molecule has 0 aliphatic carbocycles. The number of aliphatic hydroxyl groups excluding tert-OH is 1. The molecular weight excluding hydrogens is 300 g/mol. The molecule has 2 fully saturated rings. The highest BCUT2D eigenvalue weighted by Crippen LogP contribution is 2.36. The van der Waals surface area contributed by atoms with Gasteiger partial charge < -0.3 is 15.3 Å². The normalized spacial score (nSPS) is 33.0. The van der Waals surface area contributed by atoms with Gasteiger partial charge in [-0.2, -0.15) is 0 Å². The standard InChI is InChI=1S/C17H22N2O2.ClH/c20-15-8-13-5-6-14(9-15)19(13)17(21)16-7-11-3-1-2-4-12(11)10-18-16;/h1-4,13-16,18,20H,5-10H2;1H. The lowest BCUT2D eigenvalue weighted by Crippen LogP contribution is -2.56. The fourth-order valence-electron chi connectivity index (χ4n) is 4.32. The number of nitrogens with zero attached hydrogens (tertiary/aromatic N) is 1. The van der Waals surface area contributed by atoms with E-state index >= 15 is 0 Å². The van der Waals surface area contributed by atoms with E-state index in [1.165, 1.54) is 11.1 Å². The van der Waals surface area contributed by atoms with Gasteiger partial charge in [-0.3, -0.25) is 4.79 Å². The molecule has 0 aromatic heterocycles. The molecule has 2 bridgehead atoms. The zero-order valence-electron chi connectivity index (χ0n) is 12.6. The van der Waals surface area contributed by atoms with Crippen LogP contribution in [0.1, 0.15) is 36.8 Å². The van der Waals surface area contributed by atoms with Crippen LogP contribution >= 0.6 is 12.4 Å². The van der Waals surface area contributed by atoms with Crippen molar-refractivity contribution < 1.29 is 9.90 Å². The van der Waals surface area contributed by atoms with E-state index < -0.39 is 0 Å². The molecular formula is C17H23ClN2O2. The summed E-state index contributed by atoms with van der Waals surface area (Å²) in [5.41, 5.74) is 2.59. The molecule has 4 rings (SSSR count). The number of hydrogen-bond acceptors (Lipinski definition) is 3. The Morgan fingerprint density at radius 2 is 1.77 bits per heavy atom. The van der Waals surface area contributed by atoms with Gasteiger partial charge in [-0.05, 0) is 43.2 Å². The Labute approximate surface area is 137 Å². The van der Waals surface area contributed by atoms with Crippen LogP contribution in [0.5, 0.6) is 0 Å². The van der Waals surface area contributed by atoms with E-state index in [1.807, 2.05) is 6.07 Å². The molecule has 0 saturated carbocycles. The van der Waals surface area contributed by atoms with Gasteiger partial charge in [-0.25, -0.2) is 0 Å². The second-order valence-electron chi connectivity index (χ2n) is 6.66. The quantitative estimate of drug-likeness (QED) is 0.826. The van der Waals surface area contributed by atoms with Gasteiger partial charge in [0.05, 0.1) is 12.1 Å². The molecule has 3 heterocycles. The van der Waals surface area contributed by atoms with Crippen LogP contribution in [-0.2, 0) is 17.8 Å². The molecule has 1 aromatic carbocycles. The summed E-state index contributed by atoms with van der Waals surface area (Å²) in [6.45, 7) is 0.776. The zero-order valence-corrected chi connectivity index (χ0v) is 13.4. The Kier molecular flexibility index (Phi) is 4.44. The van der Waals surface area contributed by atoms with Crippen LogP contribution in [0.25, 0.3) is 0 Å². The highest BCUT2D eigenvalue weighted by Gasteiger charge is 2.44. The topological polar surface area (TPSA) is 52.6 Å². The number of fused-ring (bicyclic) bond motifs is 3. The van der Waals surface area contributed by atoms with Gasteiger partial charge in [0, 0.05) is 18.6 Å². The minimum Gasteiger partial charge on any atom is -0.393 e. The van der Waals surface area contributed by atoms with Gasteiger partial charge in [0.25, 0.3) is 0 Å². The molecule has 3 unspecified atom stereocenters. The molecule has 0 spiro atoms. The number of rotatable bonds is 1. The molecule has 3 aliphatic heterocycles. The summed E-state index contributed by atoms with van der Waals surface area (Å²) in [6, 6.07) is 8.77. The Morgan fingerprint density at radius 1 is 1.14 bits per heavy atom. The molecule has 2 saturated heterocycles. The summed E-state index contributed by atoms with van der Waals surface area (Å²) in [4.78, 5) is 15.0. The maximum atomic E-state index is 12.9. The predicted octanol–water partition coefficient (Wildman–Crippen LogP) is 1.64. The van der Waals surface area contributed by atoms with Crippen LogP contribution in [0.15, 0.2) is 24.3 Å². The smallest absolute Gasteiger partial charge is 0.240 e. The van der Waals surface area contributed by atoms with E-state index in [2.05, 4.69) is 28.4 Å². The monoisotopic (exact) mass is 322 g/mol. The molecule has 1 amide bonds. The summed E-state index contributed by atoms with van der Waals surface area (Å²) in [6.07, 6.45) is 4.18. The van der Waals surface area contributed by atoms with E-state index in [-0.39, 0.29) is 42.5 Å². The number of halogens is 1. The van der Waals surface area contributed by atoms with Gasteiger partial charge in [0.15, 0.2) is 0 Å². The van der Waals surface area contributed by atoms with Crippen molar-refractivity contribution in [3.05, 3.63) is 35.4 Å². The van der Waals surface area contributed by atoms with Crippen LogP contribution in [-0.4, -0.2) is 40.1 Å². The van der Waals surface area contributed by atoms with Gasteiger partial charge in [-0.1, -0.05) is 24.3 Å². The SMILES string of the molecule is Cl.O=C(C1Cc2ccccc2CN1)N1C2CCC1CC(O)C2. The Morgan fingerprint density at radius 3 is 2.45 bits per heavy atom. The third-order valence-electron chi connectivity index (χ3n) is 5.34. The minimum atomic E-state index is -0.216. The van der Waals surface area contributed by atoms with E-state index in [1.54, 1.807) is 0 Å². The number of benzene rings is 1. The lowest BCUT2D eigenvalue weighted by molar-refractivity contribution is -0.139. The third-order valence-corrected chi connectivity index (χ3v) is 5.34. The Hall–Kier alpha value is -1.10. The molecule has 120 valence electrons. The molecule has 0 radical (unpaired) electrons. The molecule has 4 nitrogen and oxygen atoms in total. The first kappa shape index (κ1) is 15.8. The zero-order chi connectivity index (χ0) is 14.4. The number of hydrogen-bond donors (Lipinski definition) is 2.